The Hall–Kier alpha value is -2.58. The van der Waals surface area contributed by atoms with E-state index in [1.807, 2.05) is 13.0 Å². The molecule has 0 unspecified atom stereocenters. The molecule has 2 N–H and O–H groups in total. The number of anilines is 1. The molecule has 1 heterocycles. The van der Waals surface area contributed by atoms with E-state index >= 15 is 0 Å². The van der Waals surface area contributed by atoms with Crippen LogP contribution in [0, 0.1) is 18.8 Å². The first kappa shape index (κ1) is 14.8. The summed E-state index contributed by atoms with van der Waals surface area (Å²) in [6.45, 7) is 1.87. The number of carbonyl (C=O) groups is 1. The van der Waals surface area contributed by atoms with Crippen molar-refractivity contribution < 1.29 is 9.90 Å². The zero-order valence-corrected chi connectivity index (χ0v) is 12.1. The number of rotatable bonds is 3. The SMILES string of the molecule is Cc1nn(C)cc1NC(=O)c1cccc(C#CCCO)c1. The van der Waals surface area contributed by atoms with Crippen LogP contribution in [0.1, 0.15) is 28.0 Å². The lowest BCUT2D eigenvalue weighted by atomic mass is 10.1. The van der Waals surface area contributed by atoms with Crippen LogP contribution in [0.2, 0.25) is 0 Å². The predicted molar refractivity (Wildman–Crippen MR) is 80.9 cm³/mol. The van der Waals surface area contributed by atoms with Gasteiger partial charge >= 0.3 is 0 Å². The standard InChI is InChI=1S/C16H17N3O2/c1-12-15(11-19(2)18-12)17-16(21)14-8-5-7-13(10-14)6-3-4-9-20/h5,7-8,10-11,20H,4,9H2,1-2H3,(H,17,21). The molecule has 1 aromatic carbocycles. The minimum absolute atomic E-state index is 0.0352. The third kappa shape index (κ3) is 3.94. The van der Waals surface area contributed by atoms with Gasteiger partial charge in [-0.3, -0.25) is 9.48 Å². The molecule has 0 aliphatic rings. The molecule has 0 bridgehead atoms. The summed E-state index contributed by atoms with van der Waals surface area (Å²) in [7, 11) is 1.81. The van der Waals surface area contributed by atoms with Crippen molar-refractivity contribution in [2.45, 2.75) is 13.3 Å². The van der Waals surface area contributed by atoms with Gasteiger partial charge < -0.3 is 10.4 Å². The van der Waals surface area contributed by atoms with Crippen LogP contribution in [-0.4, -0.2) is 27.4 Å². The Bertz CT molecular complexity index is 708. The van der Waals surface area contributed by atoms with Crippen molar-refractivity contribution in [1.82, 2.24) is 9.78 Å². The Morgan fingerprint density at radius 2 is 2.29 bits per heavy atom. The summed E-state index contributed by atoms with van der Waals surface area (Å²) in [5.41, 5.74) is 2.75. The van der Waals surface area contributed by atoms with E-state index in [9.17, 15) is 4.79 Å². The van der Waals surface area contributed by atoms with E-state index in [1.54, 1.807) is 36.1 Å². The Balaban J connectivity index is 2.14. The first-order valence-corrected chi connectivity index (χ1v) is 6.61. The van der Waals surface area contributed by atoms with Crippen LogP contribution < -0.4 is 5.32 Å². The summed E-state index contributed by atoms with van der Waals surface area (Å²) in [5, 5.41) is 15.7. The van der Waals surface area contributed by atoms with Gasteiger partial charge in [0.25, 0.3) is 5.91 Å². The lowest BCUT2D eigenvalue weighted by molar-refractivity contribution is 0.102. The number of nitrogens with zero attached hydrogens (tertiary/aromatic N) is 2. The Labute approximate surface area is 123 Å². The highest BCUT2D eigenvalue weighted by Gasteiger charge is 2.10. The summed E-state index contributed by atoms with van der Waals surface area (Å²) in [6.07, 6.45) is 2.18. The van der Waals surface area contributed by atoms with E-state index in [0.717, 1.165) is 11.3 Å². The van der Waals surface area contributed by atoms with Crippen molar-refractivity contribution in [3.63, 3.8) is 0 Å². The van der Waals surface area contributed by atoms with Gasteiger partial charge in [0, 0.05) is 30.8 Å². The number of hydrogen-bond donors (Lipinski definition) is 2. The van der Waals surface area contributed by atoms with E-state index in [-0.39, 0.29) is 12.5 Å². The molecule has 5 heteroatoms. The molecule has 5 nitrogen and oxygen atoms in total. The minimum Gasteiger partial charge on any atom is -0.395 e. The van der Waals surface area contributed by atoms with Crippen LogP contribution in [0.4, 0.5) is 5.69 Å². The van der Waals surface area contributed by atoms with Crippen molar-refractivity contribution in [1.29, 1.82) is 0 Å². The molecule has 2 rings (SSSR count). The predicted octanol–water partition coefficient (Wildman–Crippen LogP) is 1.71. The number of benzene rings is 1. The average molecular weight is 283 g/mol. The monoisotopic (exact) mass is 283 g/mol. The van der Waals surface area contributed by atoms with Gasteiger partial charge in [0.05, 0.1) is 18.0 Å². The fourth-order valence-electron chi connectivity index (χ4n) is 1.88. The Morgan fingerprint density at radius 1 is 1.48 bits per heavy atom. The highest BCUT2D eigenvalue weighted by molar-refractivity contribution is 6.04. The van der Waals surface area contributed by atoms with Crippen LogP contribution in [0.25, 0.3) is 0 Å². The Kier molecular flexibility index (Phi) is 4.75. The number of aliphatic hydroxyl groups excluding tert-OH is 1. The molecule has 0 aliphatic heterocycles. The van der Waals surface area contributed by atoms with Gasteiger partial charge in [-0.25, -0.2) is 0 Å². The average Bonchev–Trinajstić information content (AvgIpc) is 2.77. The highest BCUT2D eigenvalue weighted by Crippen LogP contribution is 2.13. The molecule has 2 aromatic rings. The van der Waals surface area contributed by atoms with Crippen molar-refractivity contribution in [3.8, 4) is 11.8 Å². The molecular weight excluding hydrogens is 266 g/mol. The molecular formula is C16H17N3O2. The second kappa shape index (κ2) is 6.73. The third-order valence-corrected chi connectivity index (χ3v) is 2.86. The highest BCUT2D eigenvalue weighted by atomic mass is 16.2. The number of aliphatic hydroxyl groups is 1. The van der Waals surface area contributed by atoms with Gasteiger partial charge in [0.15, 0.2) is 0 Å². The van der Waals surface area contributed by atoms with Crippen molar-refractivity contribution in [2.24, 2.45) is 7.05 Å². The normalized spacial score (nSPS) is 9.86. The number of aryl methyl sites for hydroxylation is 2. The molecule has 21 heavy (non-hydrogen) atoms. The fourth-order valence-corrected chi connectivity index (χ4v) is 1.88. The van der Waals surface area contributed by atoms with Crippen molar-refractivity contribution >= 4 is 11.6 Å². The van der Waals surface area contributed by atoms with Gasteiger partial charge in [-0.15, -0.1) is 0 Å². The molecule has 0 saturated heterocycles. The van der Waals surface area contributed by atoms with Crippen LogP contribution in [0.3, 0.4) is 0 Å². The van der Waals surface area contributed by atoms with E-state index in [0.29, 0.717) is 17.7 Å². The maximum Gasteiger partial charge on any atom is 0.255 e. The molecule has 0 radical (unpaired) electrons. The molecule has 0 aliphatic carbocycles. The molecule has 108 valence electrons. The molecule has 0 spiro atoms. The summed E-state index contributed by atoms with van der Waals surface area (Å²) in [5.74, 6) is 5.55. The largest absolute Gasteiger partial charge is 0.395 e. The van der Waals surface area contributed by atoms with Crippen molar-refractivity contribution in [2.75, 3.05) is 11.9 Å². The van der Waals surface area contributed by atoms with E-state index in [4.69, 9.17) is 5.11 Å². The summed E-state index contributed by atoms with van der Waals surface area (Å²) < 4.78 is 1.65. The molecule has 1 amide bonds. The first-order chi connectivity index (χ1) is 10.1. The Morgan fingerprint density at radius 3 is 2.95 bits per heavy atom. The number of carbonyl (C=O) groups excluding carboxylic acids is 1. The van der Waals surface area contributed by atoms with Crippen LogP contribution in [-0.2, 0) is 7.05 Å². The van der Waals surface area contributed by atoms with Gasteiger partial charge in [-0.05, 0) is 25.1 Å². The minimum atomic E-state index is -0.197. The zero-order valence-electron chi connectivity index (χ0n) is 12.1. The fraction of sp³-hybridized carbons (Fsp3) is 0.250. The summed E-state index contributed by atoms with van der Waals surface area (Å²) in [4.78, 5) is 12.2. The van der Waals surface area contributed by atoms with Gasteiger partial charge in [-0.2, -0.15) is 5.10 Å². The lowest BCUT2D eigenvalue weighted by Crippen LogP contribution is -2.12. The van der Waals surface area contributed by atoms with Gasteiger partial charge in [-0.1, -0.05) is 17.9 Å². The second-order valence-electron chi connectivity index (χ2n) is 4.61. The quantitative estimate of drug-likeness (QED) is 0.843. The molecule has 0 fully saturated rings. The maximum atomic E-state index is 12.2. The van der Waals surface area contributed by atoms with Crippen molar-refractivity contribution in [3.05, 3.63) is 47.3 Å². The number of hydrogen-bond acceptors (Lipinski definition) is 3. The molecule has 0 saturated carbocycles. The van der Waals surface area contributed by atoms with E-state index in [2.05, 4.69) is 22.3 Å². The number of aromatic nitrogens is 2. The van der Waals surface area contributed by atoms with Crippen LogP contribution >= 0.6 is 0 Å². The molecule has 1 aromatic heterocycles. The molecule has 0 atom stereocenters. The summed E-state index contributed by atoms with van der Waals surface area (Å²) >= 11 is 0. The zero-order chi connectivity index (χ0) is 15.2. The number of amides is 1. The van der Waals surface area contributed by atoms with Gasteiger partial charge in [0.1, 0.15) is 0 Å². The van der Waals surface area contributed by atoms with Gasteiger partial charge in [0.2, 0.25) is 0 Å². The third-order valence-electron chi connectivity index (χ3n) is 2.86. The topological polar surface area (TPSA) is 67.2 Å². The smallest absolute Gasteiger partial charge is 0.255 e. The summed E-state index contributed by atoms with van der Waals surface area (Å²) in [6, 6.07) is 7.08. The lowest BCUT2D eigenvalue weighted by Gasteiger charge is -2.04. The second-order valence-corrected chi connectivity index (χ2v) is 4.61. The first-order valence-electron chi connectivity index (χ1n) is 6.61. The maximum absolute atomic E-state index is 12.2. The van der Waals surface area contributed by atoms with E-state index in [1.165, 1.54) is 0 Å². The van der Waals surface area contributed by atoms with E-state index < -0.39 is 0 Å². The van der Waals surface area contributed by atoms with Crippen LogP contribution in [0.15, 0.2) is 30.5 Å². The van der Waals surface area contributed by atoms with Crippen LogP contribution in [0.5, 0.6) is 0 Å². The number of nitrogens with one attached hydrogen (secondary N) is 1.